The van der Waals surface area contributed by atoms with E-state index in [0.29, 0.717) is 16.8 Å². The van der Waals surface area contributed by atoms with Crippen molar-refractivity contribution in [3.05, 3.63) is 39.5 Å². The summed E-state index contributed by atoms with van der Waals surface area (Å²) in [5, 5.41) is 13.4. The minimum absolute atomic E-state index is 0.200. The Balaban J connectivity index is 2.52. The monoisotopic (exact) mass is 248 g/mol. The zero-order valence-electron chi connectivity index (χ0n) is 9.84. The van der Waals surface area contributed by atoms with Crippen LogP contribution in [-0.4, -0.2) is 26.6 Å². The van der Waals surface area contributed by atoms with Gasteiger partial charge in [0.1, 0.15) is 11.3 Å². The maximum absolute atomic E-state index is 12.1. The third kappa shape index (κ3) is 2.09. The van der Waals surface area contributed by atoms with Crippen LogP contribution in [0.2, 0.25) is 0 Å². The molecule has 18 heavy (non-hydrogen) atoms. The maximum atomic E-state index is 12.1. The summed E-state index contributed by atoms with van der Waals surface area (Å²) >= 11 is 0. The van der Waals surface area contributed by atoms with Crippen molar-refractivity contribution in [3.8, 4) is 0 Å². The number of hydrogen-bond donors (Lipinski definition) is 1. The minimum Gasteiger partial charge on any atom is -0.511 e. The number of aliphatic hydroxyl groups excluding tert-OH is 1. The Labute approximate surface area is 103 Å². The van der Waals surface area contributed by atoms with Crippen LogP contribution >= 0.6 is 0 Å². The number of aromatic nitrogens is 2. The number of aryl methyl sites for hydroxylation is 1. The SMILES string of the molecule is Cc1ccc(=O)n(C(=O)C2=C(O)CCCC2=O)n1. The molecule has 0 fully saturated rings. The lowest BCUT2D eigenvalue weighted by atomic mass is 9.96. The Kier molecular flexibility index (Phi) is 3.10. The van der Waals surface area contributed by atoms with Gasteiger partial charge >= 0.3 is 0 Å². The molecule has 1 aromatic rings. The number of allylic oxidation sites excluding steroid dienone is 2. The van der Waals surface area contributed by atoms with Gasteiger partial charge in [0.2, 0.25) is 0 Å². The topological polar surface area (TPSA) is 89.3 Å². The molecule has 1 aliphatic carbocycles. The third-order valence-corrected chi connectivity index (χ3v) is 2.72. The summed E-state index contributed by atoms with van der Waals surface area (Å²) in [5.41, 5.74) is -0.461. The molecule has 0 unspecified atom stereocenters. The quantitative estimate of drug-likeness (QED) is 0.741. The van der Waals surface area contributed by atoms with E-state index in [9.17, 15) is 19.5 Å². The van der Waals surface area contributed by atoms with Crippen molar-refractivity contribution in [1.82, 2.24) is 9.78 Å². The predicted octanol–water partition coefficient (Wildman–Crippen LogP) is 0.757. The van der Waals surface area contributed by atoms with Gasteiger partial charge in [-0.25, -0.2) is 0 Å². The van der Waals surface area contributed by atoms with Gasteiger partial charge in [-0.05, 0) is 19.4 Å². The maximum Gasteiger partial charge on any atom is 0.288 e. The highest BCUT2D eigenvalue weighted by Gasteiger charge is 2.28. The van der Waals surface area contributed by atoms with Crippen LogP contribution in [0.3, 0.4) is 0 Å². The molecule has 6 nitrogen and oxygen atoms in total. The largest absolute Gasteiger partial charge is 0.511 e. The predicted molar refractivity (Wildman–Crippen MR) is 62.4 cm³/mol. The third-order valence-electron chi connectivity index (χ3n) is 2.72. The lowest BCUT2D eigenvalue weighted by molar-refractivity contribution is -0.116. The number of Topliss-reactive ketones (excluding diaryl/α,β-unsaturated/α-hetero) is 1. The van der Waals surface area contributed by atoms with E-state index >= 15 is 0 Å². The molecule has 1 N–H and O–H groups in total. The number of nitrogens with zero attached hydrogens (tertiary/aromatic N) is 2. The van der Waals surface area contributed by atoms with Crippen LogP contribution in [0.25, 0.3) is 0 Å². The summed E-state index contributed by atoms with van der Waals surface area (Å²) in [7, 11) is 0. The van der Waals surface area contributed by atoms with Crippen LogP contribution in [0.15, 0.2) is 28.3 Å². The number of hydrogen-bond acceptors (Lipinski definition) is 5. The van der Waals surface area contributed by atoms with Crippen molar-refractivity contribution in [1.29, 1.82) is 0 Å². The fourth-order valence-electron chi connectivity index (χ4n) is 1.82. The Hall–Kier alpha value is -2.24. The van der Waals surface area contributed by atoms with Crippen molar-refractivity contribution < 1.29 is 14.7 Å². The van der Waals surface area contributed by atoms with Gasteiger partial charge in [-0.2, -0.15) is 9.78 Å². The normalized spacial score (nSPS) is 15.9. The molecule has 1 aliphatic rings. The summed E-state index contributed by atoms with van der Waals surface area (Å²) in [6.07, 6.45) is 0.983. The highest BCUT2D eigenvalue weighted by atomic mass is 16.3. The molecular weight excluding hydrogens is 236 g/mol. The van der Waals surface area contributed by atoms with Crippen LogP contribution in [0, 0.1) is 6.92 Å². The van der Waals surface area contributed by atoms with Crippen molar-refractivity contribution in [2.45, 2.75) is 26.2 Å². The fourth-order valence-corrected chi connectivity index (χ4v) is 1.82. The van der Waals surface area contributed by atoms with E-state index in [-0.39, 0.29) is 24.2 Å². The fraction of sp³-hybridized carbons (Fsp3) is 0.333. The number of aliphatic hydroxyl groups is 1. The average Bonchev–Trinajstić information content (AvgIpc) is 2.32. The van der Waals surface area contributed by atoms with Crippen LogP contribution < -0.4 is 5.56 Å². The highest BCUT2D eigenvalue weighted by Crippen LogP contribution is 2.20. The Morgan fingerprint density at radius 3 is 2.72 bits per heavy atom. The first kappa shape index (κ1) is 12.2. The lowest BCUT2D eigenvalue weighted by Crippen LogP contribution is -2.33. The molecule has 1 aromatic heterocycles. The van der Waals surface area contributed by atoms with Crippen LogP contribution in [-0.2, 0) is 4.79 Å². The number of carbonyl (C=O) groups excluding carboxylic acids is 2. The molecule has 0 aromatic carbocycles. The molecule has 94 valence electrons. The second kappa shape index (κ2) is 4.56. The molecule has 0 saturated heterocycles. The Morgan fingerprint density at radius 2 is 2.06 bits per heavy atom. The van der Waals surface area contributed by atoms with Gasteiger partial charge < -0.3 is 5.11 Å². The smallest absolute Gasteiger partial charge is 0.288 e. The molecular formula is C12H12N2O4. The van der Waals surface area contributed by atoms with Gasteiger partial charge in [-0.15, -0.1) is 0 Å². The molecule has 0 amide bonds. The Morgan fingerprint density at radius 1 is 1.33 bits per heavy atom. The highest BCUT2D eigenvalue weighted by molar-refractivity contribution is 6.20. The molecule has 0 saturated carbocycles. The second-order valence-corrected chi connectivity index (χ2v) is 4.13. The standard InChI is InChI=1S/C12H12N2O4/c1-7-5-6-10(17)14(13-7)12(18)11-8(15)3-2-4-9(11)16/h5-6,15H,2-4H2,1H3. The summed E-state index contributed by atoms with van der Waals surface area (Å²) in [6.45, 7) is 1.63. The van der Waals surface area contributed by atoms with Gasteiger partial charge in [0, 0.05) is 18.9 Å². The van der Waals surface area contributed by atoms with Crippen LogP contribution in [0.1, 0.15) is 29.8 Å². The van der Waals surface area contributed by atoms with Crippen molar-refractivity contribution >= 4 is 11.7 Å². The molecule has 0 bridgehead atoms. The molecule has 0 spiro atoms. The first-order chi connectivity index (χ1) is 8.50. The van der Waals surface area contributed by atoms with E-state index in [4.69, 9.17) is 0 Å². The second-order valence-electron chi connectivity index (χ2n) is 4.13. The lowest BCUT2D eigenvalue weighted by Gasteiger charge is -2.14. The van der Waals surface area contributed by atoms with E-state index in [2.05, 4.69) is 5.10 Å². The van der Waals surface area contributed by atoms with E-state index < -0.39 is 17.2 Å². The van der Waals surface area contributed by atoms with Gasteiger partial charge in [-0.3, -0.25) is 14.4 Å². The number of ketones is 1. The number of rotatable bonds is 1. The van der Waals surface area contributed by atoms with Gasteiger partial charge in [-0.1, -0.05) is 0 Å². The zero-order valence-corrected chi connectivity index (χ0v) is 9.84. The first-order valence-corrected chi connectivity index (χ1v) is 5.57. The summed E-state index contributed by atoms with van der Waals surface area (Å²) in [5.74, 6) is -1.56. The molecule has 0 aliphatic heterocycles. The van der Waals surface area contributed by atoms with Crippen molar-refractivity contribution in [3.63, 3.8) is 0 Å². The molecule has 6 heteroatoms. The average molecular weight is 248 g/mol. The Bertz CT molecular complexity index is 613. The van der Waals surface area contributed by atoms with Crippen LogP contribution in [0.4, 0.5) is 0 Å². The minimum atomic E-state index is -0.856. The van der Waals surface area contributed by atoms with Crippen LogP contribution in [0.5, 0.6) is 0 Å². The molecule has 1 heterocycles. The van der Waals surface area contributed by atoms with Gasteiger partial charge in [0.25, 0.3) is 11.5 Å². The summed E-state index contributed by atoms with van der Waals surface area (Å²) in [6, 6.07) is 2.67. The van der Waals surface area contributed by atoms with E-state index in [0.717, 1.165) is 0 Å². The van der Waals surface area contributed by atoms with Crippen molar-refractivity contribution in [2.24, 2.45) is 0 Å². The first-order valence-electron chi connectivity index (χ1n) is 5.57. The molecule has 0 atom stereocenters. The van der Waals surface area contributed by atoms with E-state index in [1.165, 1.54) is 12.1 Å². The summed E-state index contributed by atoms with van der Waals surface area (Å²) < 4.78 is 0.615. The molecule has 0 radical (unpaired) electrons. The number of carbonyl (C=O) groups is 2. The molecule has 2 rings (SSSR count). The van der Waals surface area contributed by atoms with E-state index in [1.807, 2.05) is 0 Å². The van der Waals surface area contributed by atoms with E-state index in [1.54, 1.807) is 6.92 Å². The van der Waals surface area contributed by atoms with Crippen molar-refractivity contribution in [2.75, 3.05) is 0 Å². The van der Waals surface area contributed by atoms with Gasteiger partial charge in [0.15, 0.2) is 5.78 Å². The zero-order chi connectivity index (χ0) is 13.3. The van der Waals surface area contributed by atoms with Gasteiger partial charge in [0.05, 0.1) is 5.69 Å². The summed E-state index contributed by atoms with van der Waals surface area (Å²) in [4.78, 5) is 35.2.